The van der Waals surface area contributed by atoms with Crippen molar-refractivity contribution in [3.05, 3.63) is 89.2 Å². The summed E-state index contributed by atoms with van der Waals surface area (Å²) in [6, 6.07) is 18.7. The van der Waals surface area contributed by atoms with Crippen molar-refractivity contribution < 1.29 is 28.6 Å². The van der Waals surface area contributed by atoms with Gasteiger partial charge in [0.25, 0.3) is 0 Å². The van der Waals surface area contributed by atoms with E-state index in [1.54, 1.807) is 29.2 Å². The zero-order valence-electron chi connectivity index (χ0n) is 18.3. The number of hydrogen-bond acceptors (Lipinski definition) is 4. The van der Waals surface area contributed by atoms with Crippen molar-refractivity contribution >= 4 is 12.1 Å². The molecular weight excluding hydrogens is 425 g/mol. The molecule has 1 heterocycles. The molecule has 170 valence electrons. The first kappa shape index (κ1) is 22.3. The minimum Gasteiger partial charge on any atom is -0.496 e. The number of halogens is 1. The predicted octanol–water partition coefficient (Wildman–Crippen LogP) is 5.21. The number of methoxy groups -OCH3 is 1. The molecule has 0 spiro atoms. The molecule has 0 aliphatic carbocycles. The lowest BCUT2D eigenvalue weighted by atomic mass is 9.95. The Morgan fingerprint density at radius 3 is 2.55 bits per heavy atom. The van der Waals surface area contributed by atoms with E-state index in [1.807, 2.05) is 37.3 Å². The van der Waals surface area contributed by atoms with Crippen molar-refractivity contribution in [3.8, 4) is 16.9 Å². The van der Waals surface area contributed by atoms with Gasteiger partial charge in [0.2, 0.25) is 0 Å². The van der Waals surface area contributed by atoms with E-state index in [9.17, 15) is 19.1 Å². The highest BCUT2D eigenvalue weighted by molar-refractivity contribution is 5.77. The lowest BCUT2D eigenvalue weighted by molar-refractivity contribution is -0.136. The number of carbonyl (C=O) groups is 2. The molecule has 33 heavy (non-hydrogen) atoms. The average molecular weight is 449 g/mol. The Bertz CT molecular complexity index is 1180. The first-order valence-electron chi connectivity index (χ1n) is 10.6. The quantitative estimate of drug-likeness (QED) is 0.536. The summed E-state index contributed by atoms with van der Waals surface area (Å²) in [5, 5.41) is 9.17. The largest absolute Gasteiger partial charge is 0.496 e. The molecule has 1 N–H and O–H groups in total. The fraction of sp³-hybridized carbons (Fsp3) is 0.231. The van der Waals surface area contributed by atoms with Crippen molar-refractivity contribution in [2.75, 3.05) is 7.11 Å². The molecule has 6 nitrogen and oxygen atoms in total. The Balaban J connectivity index is 1.70. The van der Waals surface area contributed by atoms with Gasteiger partial charge in [-0.2, -0.15) is 0 Å². The third-order valence-corrected chi connectivity index (χ3v) is 5.84. The van der Waals surface area contributed by atoms with Gasteiger partial charge in [-0.15, -0.1) is 0 Å². The van der Waals surface area contributed by atoms with Gasteiger partial charge in [0, 0.05) is 5.56 Å². The summed E-state index contributed by atoms with van der Waals surface area (Å²) in [7, 11) is 1.52. The van der Waals surface area contributed by atoms with Crippen molar-refractivity contribution in [2.24, 2.45) is 0 Å². The lowest BCUT2D eigenvalue weighted by Gasteiger charge is -2.23. The molecular formula is C26H24FNO5. The fourth-order valence-electron chi connectivity index (χ4n) is 4.19. The number of benzene rings is 3. The minimum absolute atomic E-state index is 0.128. The molecule has 0 saturated carbocycles. The Labute approximate surface area is 191 Å². The summed E-state index contributed by atoms with van der Waals surface area (Å²) in [6.45, 7) is 2.03. The van der Waals surface area contributed by atoms with E-state index in [-0.39, 0.29) is 19.0 Å². The van der Waals surface area contributed by atoms with Crippen molar-refractivity contribution in [1.82, 2.24) is 4.90 Å². The molecule has 0 radical (unpaired) electrons. The van der Waals surface area contributed by atoms with Gasteiger partial charge in [-0.05, 0) is 53.4 Å². The highest BCUT2D eigenvalue weighted by Gasteiger charge is 2.39. The molecule has 1 fully saturated rings. The monoisotopic (exact) mass is 449 g/mol. The van der Waals surface area contributed by atoms with Gasteiger partial charge in [-0.3, -0.25) is 9.69 Å². The molecule has 3 aromatic carbocycles. The Morgan fingerprint density at radius 1 is 1.09 bits per heavy atom. The topological polar surface area (TPSA) is 76.1 Å². The molecule has 4 rings (SSSR count). The molecule has 0 unspecified atom stereocenters. The van der Waals surface area contributed by atoms with Crippen LogP contribution in [-0.2, 0) is 22.5 Å². The minimum atomic E-state index is -0.953. The predicted molar refractivity (Wildman–Crippen MR) is 120 cm³/mol. The van der Waals surface area contributed by atoms with Crippen LogP contribution in [0.3, 0.4) is 0 Å². The second-order valence-corrected chi connectivity index (χ2v) is 7.99. The first-order valence-corrected chi connectivity index (χ1v) is 10.6. The van der Waals surface area contributed by atoms with Crippen LogP contribution in [0, 0.1) is 5.82 Å². The molecule has 1 saturated heterocycles. The van der Waals surface area contributed by atoms with Gasteiger partial charge in [0.15, 0.2) is 0 Å². The summed E-state index contributed by atoms with van der Waals surface area (Å²) in [6.07, 6.45) is -1.05. The average Bonchev–Trinajstić information content (AvgIpc) is 3.08. The number of ether oxygens (including phenoxy) is 2. The van der Waals surface area contributed by atoms with Crippen LogP contribution in [0.4, 0.5) is 9.18 Å². The maximum Gasteiger partial charge on any atom is 0.411 e. The molecule has 2 atom stereocenters. The molecule has 3 aromatic rings. The van der Waals surface area contributed by atoms with Crippen molar-refractivity contribution in [2.45, 2.75) is 32.0 Å². The van der Waals surface area contributed by atoms with Gasteiger partial charge in [0.05, 0.1) is 26.1 Å². The lowest BCUT2D eigenvalue weighted by Crippen LogP contribution is -2.31. The van der Waals surface area contributed by atoms with E-state index in [0.29, 0.717) is 28.0 Å². The molecule has 1 amide bonds. The summed E-state index contributed by atoms with van der Waals surface area (Å²) in [5.41, 5.74) is 3.34. The van der Waals surface area contributed by atoms with Crippen LogP contribution in [0.1, 0.15) is 29.7 Å². The standard InChI is InChI=1S/C26H24FNO5/c1-16-25(18-6-4-3-5-7-18)33-26(31)28(16)15-19-14-20(27)9-10-21(19)22-12-17(13-24(29)30)8-11-23(22)32-2/h3-12,14,16,25H,13,15H2,1-2H3,(H,29,30)/t16-,25-/m0/s1. The van der Waals surface area contributed by atoms with Gasteiger partial charge in [-0.1, -0.05) is 42.5 Å². The highest BCUT2D eigenvalue weighted by atomic mass is 19.1. The van der Waals surface area contributed by atoms with Crippen LogP contribution in [-0.4, -0.2) is 35.2 Å². The zero-order valence-corrected chi connectivity index (χ0v) is 18.3. The van der Waals surface area contributed by atoms with E-state index in [2.05, 4.69) is 0 Å². The Hall–Kier alpha value is -3.87. The number of cyclic esters (lactones) is 1. The summed E-state index contributed by atoms with van der Waals surface area (Å²) in [5.74, 6) is -0.864. The van der Waals surface area contributed by atoms with Crippen LogP contribution >= 0.6 is 0 Å². The highest BCUT2D eigenvalue weighted by Crippen LogP contribution is 2.37. The molecule has 7 heteroatoms. The van der Waals surface area contributed by atoms with E-state index in [1.165, 1.54) is 19.2 Å². The van der Waals surface area contributed by atoms with E-state index in [4.69, 9.17) is 9.47 Å². The number of aliphatic carboxylic acids is 1. The third-order valence-electron chi connectivity index (χ3n) is 5.84. The van der Waals surface area contributed by atoms with E-state index < -0.39 is 24.0 Å². The fourth-order valence-corrected chi connectivity index (χ4v) is 4.19. The second-order valence-electron chi connectivity index (χ2n) is 7.99. The second kappa shape index (κ2) is 9.32. The van der Waals surface area contributed by atoms with Crippen molar-refractivity contribution in [3.63, 3.8) is 0 Å². The molecule has 0 aromatic heterocycles. The number of carboxylic acid groups (broad SMARTS) is 1. The van der Waals surface area contributed by atoms with Gasteiger partial charge >= 0.3 is 12.1 Å². The Morgan fingerprint density at radius 2 is 1.85 bits per heavy atom. The maximum absolute atomic E-state index is 14.3. The van der Waals surface area contributed by atoms with Crippen LogP contribution in [0.5, 0.6) is 5.75 Å². The van der Waals surface area contributed by atoms with Gasteiger partial charge in [-0.25, -0.2) is 9.18 Å². The van der Waals surface area contributed by atoms with Crippen LogP contribution < -0.4 is 4.74 Å². The Kier molecular flexibility index (Phi) is 6.31. The number of carboxylic acids is 1. The normalized spacial score (nSPS) is 17.7. The zero-order chi connectivity index (χ0) is 23.5. The molecule has 0 bridgehead atoms. The summed E-state index contributed by atoms with van der Waals surface area (Å²) < 4.78 is 25.4. The number of rotatable bonds is 7. The maximum atomic E-state index is 14.3. The smallest absolute Gasteiger partial charge is 0.411 e. The van der Waals surface area contributed by atoms with Crippen LogP contribution in [0.15, 0.2) is 66.7 Å². The van der Waals surface area contributed by atoms with Crippen LogP contribution in [0.25, 0.3) is 11.1 Å². The SMILES string of the molecule is COc1ccc(CC(=O)O)cc1-c1ccc(F)cc1CN1C(=O)O[C@H](c2ccccc2)[C@@H]1C. The molecule has 1 aliphatic rings. The summed E-state index contributed by atoms with van der Waals surface area (Å²) in [4.78, 5) is 25.5. The summed E-state index contributed by atoms with van der Waals surface area (Å²) >= 11 is 0. The number of carbonyl (C=O) groups excluding carboxylic acids is 1. The third kappa shape index (κ3) is 4.67. The number of amides is 1. The van der Waals surface area contributed by atoms with Gasteiger partial charge < -0.3 is 14.6 Å². The molecule has 1 aliphatic heterocycles. The van der Waals surface area contributed by atoms with Gasteiger partial charge in [0.1, 0.15) is 17.7 Å². The van der Waals surface area contributed by atoms with Crippen LogP contribution in [0.2, 0.25) is 0 Å². The number of hydrogen-bond donors (Lipinski definition) is 1. The number of nitrogens with zero attached hydrogens (tertiary/aromatic N) is 1. The van der Waals surface area contributed by atoms with E-state index >= 15 is 0 Å². The van der Waals surface area contributed by atoms with E-state index in [0.717, 1.165) is 5.56 Å². The van der Waals surface area contributed by atoms with Crippen molar-refractivity contribution in [1.29, 1.82) is 0 Å². The first-order chi connectivity index (χ1) is 15.9.